The molecule has 41 heavy (non-hydrogen) atoms. The summed E-state index contributed by atoms with van der Waals surface area (Å²) >= 11 is 0. The molecule has 6 rings (SSSR count). The maximum Gasteiger partial charge on any atom is 0.310 e. The SMILES string of the molecule is Cc1cnc2c(c1)CN(Cc1nc([C@H](c3ccn4c(C)nnc4c3C)C(C)(C)C(=O)O)ccc1C)CC1(CNC1)O2. The third kappa shape index (κ3) is 4.74. The first-order chi connectivity index (χ1) is 19.5. The van der Waals surface area contributed by atoms with Crippen molar-refractivity contribution in [2.75, 3.05) is 19.6 Å². The molecule has 0 radical (unpaired) electrons. The van der Waals surface area contributed by atoms with Crippen molar-refractivity contribution < 1.29 is 14.6 Å². The summed E-state index contributed by atoms with van der Waals surface area (Å²) in [6.07, 6.45) is 3.78. The van der Waals surface area contributed by atoms with Crippen LogP contribution in [0.15, 0.2) is 36.7 Å². The fourth-order valence-corrected chi connectivity index (χ4v) is 6.15. The van der Waals surface area contributed by atoms with E-state index in [0.29, 0.717) is 19.0 Å². The largest absolute Gasteiger partial charge is 0.481 e. The molecular weight excluding hydrogens is 518 g/mol. The van der Waals surface area contributed by atoms with E-state index in [1.165, 1.54) is 0 Å². The van der Waals surface area contributed by atoms with Gasteiger partial charge in [0.15, 0.2) is 5.65 Å². The second-order valence-corrected chi connectivity index (χ2v) is 12.3. The normalized spacial score (nSPS) is 17.5. The number of hydrogen-bond acceptors (Lipinski definition) is 8. The van der Waals surface area contributed by atoms with Crippen LogP contribution in [0.1, 0.15) is 64.8 Å². The van der Waals surface area contributed by atoms with Crippen molar-refractivity contribution in [1.29, 1.82) is 0 Å². The van der Waals surface area contributed by atoms with Crippen LogP contribution in [0.3, 0.4) is 0 Å². The van der Waals surface area contributed by atoms with E-state index >= 15 is 0 Å². The van der Waals surface area contributed by atoms with Crippen LogP contribution in [0, 0.1) is 33.1 Å². The summed E-state index contributed by atoms with van der Waals surface area (Å²) in [6.45, 7) is 15.1. The lowest BCUT2D eigenvalue weighted by atomic mass is 9.72. The van der Waals surface area contributed by atoms with E-state index < -0.39 is 17.3 Å². The van der Waals surface area contributed by atoms with Crippen molar-refractivity contribution in [2.45, 2.75) is 66.2 Å². The van der Waals surface area contributed by atoms with Crippen molar-refractivity contribution in [3.05, 3.63) is 81.7 Å². The summed E-state index contributed by atoms with van der Waals surface area (Å²) in [5.41, 5.74) is 5.95. The van der Waals surface area contributed by atoms with Gasteiger partial charge in [-0.05, 0) is 82.0 Å². The van der Waals surface area contributed by atoms with Crippen LogP contribution in [0.2, 0.25) is 0 Å². The van der Waals surface area contributed by atoms with Gasteiger partial charge >= 0.3 is 5.97 Å². The minimum absolute atomic E-state index is 0.324. The molecule has 1 atom stereocenters. The highest BCUT2D eigenvalue weighted by atomic mass is 16.5. The van der Waals surface area contributed by atoms with E-state index in [0.717, 1.165) is 70.3 Å². The molecule has 4 aromatic rings. The molecule has 4 aromatic heterocycles. The molecule has 0 amide bonds. The van der Waals surface area contributed by atoms with Gasteiger partial charge in [-0.15, -0.1) is 10.2 Å². The number of carboxylic acids is 1. The van der Waals surface area contributed by atoms with E-state index in [4.69, 9.17) is 9.72 Å². The zero-order valence-electron chi connectivity index (χ0n) is 24.5. The Morgan fingerprint density at radius 2 is 1.95 bits per heavy atom. The molecule has 0 aromatic carbocycles. The molecule has 0 saturated carbocycles. The number of pyridine rings is 3. The first-order valence-electron chi connectivity index (χ1n) is 14.1. The summed E-state index contributed by atoms with van der Waals surface area (Å²) in [5.74, 6) is 0.110. The fourth-order valence-electron chi connectivity index (χ4n) is 6.15. The Bertz CT molecular complexity index is 1660. The molecule has 10 heteroatoms. The second-order valence-electron chi connectivity index (χ2n) is 12.3. The van der Waals surface area contributed by atoms with E-state index in [9.17, 15) is 9.90 Å². The zero-order valence-corrected chi connectivity index (χ0v) is 24.5. The van der Waals surface area contributed by atoms with Gasteiger partial charge in [-0.25, -0.2) is 4.98 Å². The van der Waals surface area contributed by atoms with Gasteiger partial charge in [-0.3, -0.25) is 19.1 Å². The summed E-state index contributed by atoms with van der Waals surface area (Å²) < 4.78 is 8.39. The summed E-state index contributed by atoms with van der Waals surface area (Å²) in [4.78, 5) is 24.8. The predicted octanol–water partition coefficient (Wildman–Crippen LogP) is 3.73. The highest BCUT2D eigenvalue weighted by molar-refractivity contribution is 5.76. The lowest BCUT2D eigenvalue weighted by molar-refractivity contribution is -0.147. The number of carboxylic acid groups (broad SMARTS) is 1. The van der Waals surface area contributed by atoms with Crippen LogP contribution in [0.25, 0.3) is 5.65 Å². The molecule has 2 aliphatic heterocycles. The fraction of sp³-hybridized carbons (Fsp3) is 0.452. The molecular formula is C31H37N7O3. The Morgan fingerprint density at radius 3 is 2.66 bits per heavy atom. The standard InChI is InChI=1S/C31H37N7O3/c1-18-11-22-13-37(17-31(15-32-16-31)41-28(22)33-12-18)14-25-19(2)7-8-24(34-25)26(30(5,6)29(39)40)23-9-10-38-21(4)35-36-27(38)20(23)3/h7-12,26,32H,13-17H2,1-6H3,(H,39,40)/t26-/m0/s1. The van der Waals surface area contributed by atoms with Gasteiger partial charge in [0.05, 0.1) is 11.1 Å². The number of aryl methyl sites for hydroxylation is 4. The molecule has 6 heterocycles. The van der Waals surface area contributed by atoms with Gasteiger partial charge in [0.2, 0.25) is 5.88 Å². The highest BCUT2D eigenvalue weighted by Crippen LogP contribution is 2.43. The van der Waals surface area contributed by atoms with Gasteiger partial charge in [0, 0.05) is 62.3 Å². The van der Waals surface area contributed by atoms with Gasteiger partial charge in [-0.2, -0.15) is 0 Å². The molecule has 1 saturated heterocycles. The van der Waals surface area contributed by atoms with Gasteiger partial charge < -0.3 is 15.2 Å². The first kappa shape index (κ1) is 27.3. The Kier molecular flexibility index (Phi) is 6.58. The average Bonchev–Trinajstić information content (AvgIpc) is 3.19. The topological polar surface area (TPSA) is 118 Å². The zero-order chi connectivity index (χ0) is 29.1. The Labute approximate surface area is 239 Å². The number of carbonyl (C=O) groups is 1. The molecule has 0 unspecified atom stereocenters. The van der Waals surface area contributed by atoms with Crippen LogP contribution < -0.4 is 10.1 Å². The summed E-state index contributed by atoms with van der Waals surface area (Å²) in [7, 11) is 0. The molecule has 0 bridgehead atoms. The number of aliphatic carboxylic acids is 1. The van der Waals surface area contributed by atoms with E-state index in [2.05, 4.69) is 44.5 Å². The second kappa shape index (κ2) is 9.88. The third-order valence-electron chi connectivity index (χ3n) is 8.69. The third-order valence-corrected chi connectivity index (χ3v) is 8.69. The molecule has 1 fully saturated rings. The smallest absolute Gasteiger partial charge is 0.310 e. The molecule has 2 aliphatic rings. The predicted molar refractivity (Wildman–Crippen MR) is 154 cm³/mol. The van der Waals surface area contributed by atoms with E-state index in [1.807, 2.05) is 49.7 Å². The Balaban J connectivity index is 1.40. The number of nitrogens with one attached hydrogen (secondary N) is 1. The van der Waals surface area contributed by atoms with Crippen molar-refractivity contribution >= 4 is 11.6 Å². The molecule has 214 valence electrons. The Morgan fingerprint density at radius 1 is 1.17 bits per heavy atom. The van der Waals surface area contributed by atoms with Crippen molar-refractivity contribution in [2.24, 2.45) is 5.41 Å². The maximum absolute atomic E-state index is 12.7. The van der Waals surface area contributed by atoms with Crippen LogP contribution in [0.5, 0.6) is 5.88 Å². The Hall–Kier alpha value is -3.89. The highest BCUT2D eigenvalue weighted by Gasteiger charge is 2.44. The van der Waals surface area contributed by atoms with Crippen LogP contribution in [-0.2, 0) is 17.9 Å². The van der Waals surface area contributed by atoms with Crippen molar-refractivity contribution in [3.8, 4) is 5.88 Å². The van der Waals surface area contributed by atoms with Crippen molar-refractivity contribution in [1.82, 2.24) is 34.8 Å². The quantitative estimate of drug-likeness (QED) is 0.367. The van der Waals surface area contributed by atoms with Gasteiger partial charge in [-0.1, -0.05) is 6.07 Å². The summed E-state index contributed by atoms with van der Waals surface area (Å²) in [6, 6.07) is 8.17. The van der Waals surface area contributed by atoms with E-state index in [1.54, 1.807) is 13.8 Å². The number of hydrogen-bond donors (Lipinski definition) is 2. The van der Waals surface area contributed by atoms with Gasteiger partial charge in [0.1, 0.15) is 11.4 Å². The van der Waals surface area contributed by atoms with Gasteiger partial charge in [0.25, 0.3) is 0 Å². The van der Waals surface area contributed by atoms with Crippen LogP contribution in [0.4, 0.5) is 0 Å². The number of fused-ring (bicyclic) bond motifs is 2. The minimum atomic E-state index is -1.13. The van der Waals surface area contributed by atoms with Crippen molar-refractivity contribution in [3.63, 3.8) is 0 Å². The average molecular weight is 556 g/mol. The lowest BCUT2D eigenvalue weighted by Gasteiger charge is -2.43. The maximum atomic E-state index is 12.7. The molecule has 0 aliphatic carbocycles. The number of nitrogens with zero attached hydrogens (tertiary/aromatic N) is 6. The molecule has 10 nitrogen and oxygen atoms in total. The lowest BCUT2D eigenvalue weighted by Crippen LogP contribution is -2.67. The van der Waals surface area contributed by atoms with Crippen LogP contribution >= 0.6 is 0 Å². The first-order valence-corrected chi connectivity index (χ1v) is 14.1. The number of aromatic nitrogens is 5. The monoisotopic (exact) mass is 555 g/mol. The molecule has 2 N–H and O–H groups in total. The van der Waals surface area contributed by atoms with Crippen LogP contribution in [-0.4, -0.2) is 65.8 Å². The number of ether oxygens (including phenoxy) is 1. The number of rotatable bonds is 6. The summed E-state index contributed by atoms with van der Waals surface area (Å²) in [5, 5.41) is 22.3. The minimum Gasteiger partial charge on any atom is -0.481 e. The molecule has 1 spiro atoms. The van der Waals surface area contributed by atoms with E-state index in [-0.39, 0.29) is 5.60 Å².